The first kappa shape index (κ1) is 14.6. The van der Waals surface area contributed by atoms with Crippen LogP contribution in [0.3, 0.4) is 0 Å². The van der Waals surface area contributed by atoms with Crippen LogP contribution in [0.2, 0.25) is 0 Å². The molecule has 22 heavy (non-hydrogen) atoms. The fourth-order valence-electron chi connectivity index (χ4n) is 2.50. The molecule has 0 saturated carbocycles. The highest BCUT2D eigenvalue weighted by Crippen LogP contribution is 2.41. The summed E-state index contributed by atoms with van der Waals surface area (Å²) in [7, 11) is 0. The van der Waals surface area contributed by atoms with E-state index in [9.17, 15) is 5.11 Å². The summed E-state index contributed by atoms with van der Waals surface area (Å²) in [5.74, 6) is 0.118. The number of anilines is 2. The topological polar surface area (TPSA) is 84.7 Å². The summed E-state index contributed by atoms with van der Waals surface area (Å²) in [6.07, 6.45) is 0. The number of rotatable bonds is 1. The summed E-state index contributed by atoms with van der Waals surface area (Å²) >= 11 is 1.55. The minimum Gasteiger partial charge on any atom is -0.492 e. The molecule has 1 aromatic heterocycles. The molecule has 0 unspecified atom stereocenters. The average molecular weight is 315 g/mol. The highest BCUT2D eigenvalue weighted by atomic mass is 32.1. The van der Waals surface area contributed by atoms with Gasteiger partial charge >= 0.3 is 0 Å². The Morgan fingerprint density at radius 2 is 1.91 bits per heavy atom. The quantitative estimate of drug-likeness (QED) is 0.878. The molecule has 2 aromatic rings. The SMILES string of the molecule is CC1=Nc2ccccc2N2[N]N(c3cc(C)cs3)C(O)=C12.O. The molecule has 4 rings (SSSR count). The summed E-state index contributed by atoms with van der Waals surface area (Å²) < 4.78 is 0. The molecule has 0 bridgehead atoms. The number of para-hydroxylation sites is 2. The smallest absolute Gasteiger partial charge is 0.238 e. The van der Waals surface area contributed by atoms with E-state index in [1.165, 1.54) is 0 Å². The summed E-state index contributed by atoms with van der Waals surface area (Å²) in [5.41, 5.74) is 8.82. The standard InChI is InChI=1S/C15H13N4OS.H2O/c1-9-7-13(21-8-9)19-15(20)14-10(2)16-11-5-3-4-6-12(11)18(14)17-19;/h3-8,20H,1-2H3;1H2. The van der Waals surface area contributed by atoms with E-state index < -0.39 is 0 Å². The van der Waals surface area contributed by atoms with E-state index >= 15 is 0 Å². The van der Waals surface area contributed by atoms with Crippen LogP contribution in [0.5, 0.6) is 0 Å². The van der Waals surface area contributed by atoms with Crippen LogP contribution >= 0.6 is 11.3 Å². The van der Waals surface area contributed by atoms with E-state index in [0.29, 0.717) is 5.70 Å². The van der Waals surface area contributed by atoms with Gasteiger partial charge in [-0.3, -0.25) is 0 Å². The Morgan fingerprint density at radius 1 is 1.14 bits per heavy atom. The van der Waals surface area contributed by atoms with Gasteiger partial charge in [-0.1, -0.05) is 12.1 Å². The van der Waals surface area contributed by atoms with Crippen molar-refractivity contribution in [1.29, 1.82) is 0 Å². The number of aryl methyl sites for hydroxylation is 1. The van der Waals surface area contributed by atoms with Crippen LogP contribution in [0.4, 0.5) is 16.4 Å². The zero-order chi connectivity index (χ0) is 14.6. The van der Waals surface area contributed by atoms with Gasteiger partial charge in [0.2, 0.25) is 5.88 Å². The molecule has 0 amide bonds. The summed E-state index contributed by atoms with van der Waals surface area (Å²) in [4.78, 5) is 4.55. The first-order chi connectivity index (χ1) is 10.1. The van der Waals surface area contributed by atoms with Crippen molar-refractivity contribution in [1.82, 2.24) is 5.53 Å². The summed E-state index contributed by atoms with van der Waals surface area (Å²) in [6.45, 7) is 3.91. The minimum absolute atomic E-state index is 0. The van der Waals surface area contributed by atoms with E-state index in [2.05, 4.69) is 10.5 Å². The fraction of sp³-hybridized carbons (Fsp3) is 0.133. The number of benzene rings is 1. The first-order valence-electron chi connectivity index (χ1n) is 6.60. The lowest BCUT2D eigenvalue weighted by Gasteiger charge is -2.24. The number of nitrogens with zero attached hydrogens (tertiary/aromatic N) is 4. The molecule has 0 atom stereocenters. The average Bonchev–Trinajstić information content (AvgIpc) is 3.03. The molecule has 1 radical (unpaired) electrons. The van der Waals surface area contributed by atoms with E-state index in [1.807, 2.05) is 49.6 Å². The van der Waals surface area contributed by atoms with Gasteiger partial charge in [-0.25, -0.2) is 10.0 Å². The highest BCUT2D eigenvalue weighted by molar-refractivity contribution is 7.14. The van der Waals surface area contributed by atoms with Crippen molar-refractivity contribution in [3.05, 3.63) is 52.9 Å². The van der Waals surface area contributed by atoms with Crippen molar-refractivity contribution in [2.24, 2.45) is 4.99 Å². The number of thiophene rings is 1. The number of aliphatic imine (C=N–C) groups is 1. The van der Waals surface area contributed by atoms with Gasteiger partial charge in [0, 0.05) is 0 Å². The van der Waals surface area contributed by atoms with E-state index in [4.69, 9.17) is 0 Å². The molecule has 3 heterocycles. The lowest BCUT2D eigenvalue weighted by atomic mass is 10.1. The van der Waals surface area contributed by atoms with Crippen LogP contribution in [0.15, 0.2) is 52.3 Å². The Kier molecular flexibility index (Phi) is 3.40. The van der Waals surface area contributed by atoms with Crippen LogP contribution in [-0.2, 0) is 0 Å². The van der Waals surface area contributed by atoms with Gasteiger partial charge in [0.1, 0.15) is 10.7 Å². The predicted molar refractivity (Wildman–Crippen MR) is 88.6 cm³/mol. The van der Waals surface area contributed by atoms with E-state index in [-0.39, 0.29) is 11.4 Å². The lowest BCUT2D eigenvalue weighted by Crippen LogP contribution is -2.36. The van der Waals surface area contributed by atoms with Gasteiger partial charge < -0.3 is 10.6 Å². The van der Waals surface area contributed by atoms with Crippen LogP contribution in [0, 0.1) is 6.92 Å². The number of fused-ring (bicyclic) bond motifs is 3. The molecule has 113 valence electrons. The number of aliphatic hydroxyl groups is 1. The maximum absolute atomic E-state index is 10.5. The lowest BCUT2D eigenvalue weighted by molar-refractivity contribution is 0.388. The minimum atomic E-state index is 0. The second kappa shape index (κ2) is 5.13. The van der Waals surface area contributed by atoms with Crippen molar-refractivity contribution in [2.75, 3.05) is 10.0 Å². The van der Waals surface area contributed by atoms with Gasteiger partial charge in [-0.2, -0.15) is 5.01 Å². The molecule has 0 fully saturated rings. The maximum atomic E-state index is 10.5. The van der Waals surface area contributed by atoms with Gasteiger partial charge in [-0.15, -0.1) is 11.3 Å². The van der Waals surface area contributed by atoms with Crippen molar-refractivity contribution >= 4 is 33.4 Å². The van der Waals surface area contributed by atoms with E-state index in [1.54, 1.807) is 21.4 Å². The predicted octanol–water partition coefficient (Wildman–Crippen LogP) is 2.83. The third-order valence-electron chi connectivity index (χ3n) is 3.47. The Labute approximate surface area is 131 Å². The van der Waals surface area contributed by atoms with Crippen LogP contribution < -0.4 is 15.6 Å². The molecular formula is C15H15N4O2S. The maximum Gasteiger partial charge on any atom is 0.238 e. The molecule has 6 nitrogen and oxygen atoms in total. The number of hydrogen-bond acceptors (Lipinski definition) is 5. The Hall–Kier alpha value is -2.35. The van der Waals surface area contributed by atoms with Crippen molar-refractivity contribution < 1.29 is 10.6 Å². The fourth-order valence-corrected chi connectivity index (χ4v) is 3.35. The molecule has 0 spiro atoms. The highest BCUT2D eigenvalue weighted by Gasteiger charge is 2.38. The van der Waals surface area contributed by atoms with Gasteiger partial charge in [0.25, 0.3) is 0 Å². The number of allylic oxidation sites excluding steroid dienone is 1. The molecule has 2 aliphatic rings. The largest absolute Gasteiger partial charge is 0.492 e. The molecule has 2 aliphatic heterocycles. The van der Waals surface area contributed by atoms with Gasteiger partial charge in [-0.05, 0) is 48.5 Å². The van der Waals surface area contributed by atoms with Crippen molar-refractivity contribution in [3.8, 4) is 0 Å². The second-order valence-electron chi connectivity index (χ2n) is 5.03. The molecule has 3 N–H and O–H groups in total. The number of aliphatic hydroxyl groups excluding tert-OH is 1. The molecule has 0 aliphatic carbocycles. The second-order valence-corrected chi connectivity index (χ2v) is 5.92. The molecule has 1 aromatic carbocycles. The number of hydrogen-bond donors (Lipinski definition) is 1. The third-order valence-corrected chi connectivity index (χ3v) is 4.49. The van der Waals surface area contributed by atoms with Gasteiger partial charge in [0.15, 0.2) is 0 Å². The Bertz CT molecular complexity index is 796. The molecule has 0 saturated heterocycles. The van der Waals surface area contributed by atoms with Crippen LogP contribution in [0.1, 0.15) is 12.5 Å². The Morgan fingerprint density at radius 3 is 2.64 bits per heavy atom. The molecular weight excluding hydrogens is 300 g/mol. The zero-order valence-corrected chi connectivity index (χ0v) is 12.9. The van der Waals surface area contributed by atoms with Crippen molar-refractivity contribution in [2.45, 2.75) is 13.8 Å². The summed E-state index contributed by atoms with van der Waals surface area (Å²) in [6, 6.07) is 9.78. The normalized spacial score (nSPS) is 16.2. The Balaban J connectivity index is 0.00000144. The molecule has 7 heteroatoms. The monoisotopic (exact) mass is 315 g/mol. The van der Waals surface area contributed by atoms with Gasteiger partial charge in [0.05, 0.1) is 17.1 Å². The third kappa shape index (κ3) is 1.98. The van der Waals surface area contributed by atoms with Crippen LogP contribution in [0.25, 0.3) is 0 Å². The van der Waals surface area contributed by atoms with Crippen molar-refractivity contribution in [3.63, 3.8) is 0 Å². The van der Waals surface area contributed by atoms with Crippen LogP contribution in [-0.4, -0.2) is 16.3 Å². The van der Waals surface area contributed by atoms with E-state index in [0.717, 1.165) is 27.7 Å². The zero-order valence-electron chi connectivity index (χ0n) is 12.1. The summed E-state index contributed by atoms with van der Waals surface area (Å²) in [5, 5.41) is 16.8. The first-order valence-corrected chi connectivity index (χ1v) is 7.48.